The summed E-state index contributed by atoms with van der Waals surface area (Å²) in [5.41, 5.74) is 0. The van der Waals surface area contributed by atoms with Gasteiger partial charge in [0.1, 0.15) is 0 Å². The van der Waals surface area contributed by atoms with Gasteiger partial charge in [-0.15, -0.1) is 0 Å². The van der Waals surface area contributed by atoms with Crippen molar-refractivity contribution in [1.29, 1.82) is 0 Å². The number of thioether (sulfide) groups is 1. The summed E-state index contributed by atoms with van der Waals surface area (Å²) in [6.45, 7) is 5.20. The fraction of sp³-hybridized carbons (Fsp3) is 0. The van der Waals surface area contributed by atoms with Crippen LogP contribution in [0.25, 0.3) is 0 Å². The highest BCUT2D eigenvalue weighted by Gasteiger charge is 1.82. The van der Waals surface area contributed by atoms with Crippen molar-refractivity contribution in [3.8, 4) is 0 Å². The summed E-state index contributed by atoms with van der Waals surface area (Å²) in [4.78, 5) is 1.18. The Labute approximate surface area is 59.6 Å². The third-order valence-electron chi connectivity index (χ3n) is 0.947. The number of hydrogen-bond donors (Lipinski definition) is 0. The molecule has 0 aliphatic heterocycles. The van der Waals surface area contributed by atoms with Crippen LogP contribution in [0.1, 0.15) is 0 Å². The van der Waals surface area contributed by atoms with E-state index in [0.717, 1.165) is 0 Å². The topological polar surface area (TPSA) is 0 Å². The summed E-state index contributed by atoms with van der Waals surface area (Å²) in [7, 11) is 0. The van der Waals surface area contributed by atoms with Gasteiger partial charge >= 0.3 is 0 Å². The molecule has 0 aliphatic rings. The first-order valence-corrected chi connectivity index (χ1v) is 3.56. The molecule has 1 rings (SSSR count). The lowest BCUT2D eigenvalue weighted by molar-refractivity contribution is 1.47. The summed E-state index contributed by atoms with van der Waals surface area (Å²) in [5.74, 6) is 0. The molecule has 0 nitrogen and oxygen atoms in total. The van der Waals surface area contributed by atoms with Gasteiger partial charge in [-0.25, -0.2) is 0 Å². The maximum atomic E-state index is 5.20. The first kappa shape index (κ1) is 6.43. The molecule has 1 aromatic rings. The molecule has 0 N–H and O–H groups in total. The second-order valence-electron chi connectivity index (χ2n) is 1.57. The van der Waals surface area contributed by atoms with Crippen LogP contribution in [0, 0.1) is 6.58 Å². The van der Waals surface area contributed by atoms with Gasteiger partial charge in [0.25, 0.3) is 0 Å². The molecule has 0 atom stereocenters. The maximum Gasteiger partial charge on any atom is 0.0116 e. The van der Waals surface area contributed by atoms with Gasteiger partial charge in [0, 0.05) is 4.90 Å². The fourth-order valence-electron chi connectivity index (χ4n) is 0.578. The summed E-state index contributed by atoms with van der Waals surface area (Å²) in [6.07, 6.45) is 0. The van der Waals surface area contributed by atoms with E-state index in [9.17, 15) is 0 Å². The lowest BCUT2D eigenvalue weighted by atomic mass is 10.4. The molecular formula is C8H7S. The molecule has 0 fully saturated rings. The maximum absolute atomic E-state index is 5.20. The van der Waals surface area contributed by atoms with Gasteiger partial charge < -0.3 is 0 Å². The normalized spacial score (nSPS) is 8.89. The third kappa shape index (κ3) is 1.94. The standard InChI is InChI=1S/C8H7S/c1-2-9-8-6-4-3-5-7-8/h1-7H. The molecule has 0 saturated heterocycles. The van der Waals surface area contributed by atoms with E-state index in [2.05, 4.69) is 0 Å². The van der Waals surface area contributed by atoms with Crippen LogP contribution in [-0.2, 0) is 0 Å². The minimum atomic E-state index is 1.18. The second-order valence-corrected chi connectivity index (χ2v) is 2.55. The lowest BCUT2D eigenvalue weighted by Crippen LogP contribution is -1.62. The molecule has 0 bridgehead atoms. The van der Waals surface area contributed by atoms with Crippen molar-refractivity contribution in [2.75, 3.05) is 0 Å². The highest BCUT2D eigenvalue weighted by atomic mass is 32.2. The van der Waals surface area contributed by atoms with Crippen LogP contribution in [0.15, 0.2) is 40.6 Å². The minimum Gasteiger partial charge on any atom is -0.0981 e. The molecule has 0 spiro atoms. The van der Waals surface area contributed by atoms with E-state index in [-0.39, 0.29) is 0 Å². The minimum absolute atomic E-state index is 1.18. The van der Waals surface area contributed by atoms with E-state index in [1.807, 2.05) is 30.3 Å². The Morgan fingerprint density at radius 3 is 2.44 bits per heavy atom. The predicted molar refractivity (Wildman–Crippen MR) is 41.2 cm³/mol. The molecular weight excluding hydrogens is 128 g/mol. The van der Waals surface area contributed by atoms with E-state index in [0.29, 0.717) is 0 Å². The van der Waals surface area contributed by atoms with Crippen LogP contribution in [0.4, 0.5) is 0 Å². The zero-order valence-electron chi connectivity index (χ0n) is 4.95. The highest BCUT2D eigenvalue weighted by molar-refractivity contribution is 8.02. The average molecular weight is 135 g/mol. The number of rotatable bonds is 2. The number of benzene rings is 1. The highest BCUT2D eigenvalue weighted by Crippen LogP contribution is 2.16. The molecule has 9 heavy (non-hydrogen) atoms. The van der Waals surface area contributed by atoms with Crippen molar-refractivity contribution in [2.45, 2.75) is 4.90 Å². The van der Waals surface area contributed by atoms with Crippen molar-refractivity contribution in [3.05, 3.63) is 42.3 Å². The molecule has 0 saturated carbocycles. The smallest absolute Gasteiger partial charge is 0.0116 e. The van der Waals surface area contributed by atoms with Crippen LogP contribution in [-0.4, -0.2) is 0 Å². The molecule has 0 unspecified atom stereocenters. The Morgan fingerprint density at radius 1 is 1.22 bits per heavy atom. The van der Waals surface area contributed by atoms with Crippen LogP contribution in [0.3, 0.4) is 0 Å². The molecule has 1 radical (unpaired) electrons. The van der Waals surface area contributed by atoms with Crippen LogP contribution < -0.4 is 0 Å². The van der Waals surface area contributed by atoms with Gasteiger partial charge in [-0.2, -0.15) is 0 Å². The van der Waals surface area contributed by atoms with E-state index in [1.165, 1.54) is 16.7 Å². The molecule has 1 aromatic carbocycles. The van der Waals surface area contributed by atoms with E-state index >= 15 is 0 Å². The molecule has 1 heteroatoms. The summed E-state index contributed by atoms with van der Waals surface area (Å²) >= 11 is 1.53. The predicted octanol–water partition coefficient (Wildman–Crippen LogP) is 2.73. The zero-order chi connectivity index (χ0) is 6.53. The van der Waals surface area contributed by atoms with Gasteiger partial charge in [0.05, 0.1) is 0 Å². The van der Waals surface area contributed by atoms with Crippen molar-refractivity contribution in [2.24, 2.45) is 0 Å². The van der Waals surface area contributed by atoms with Gasteiger partial charge in [0.15, 0.2) is 0 Å². The van der Waals surface area contributed by atoms with E-state index in [1.54, 1.807) is 5.41 Å². The fourth-order valence-corrected chi connectivity index (χ4v) is 1.05. The van der Waals surface area contributed by atoms with Crippen molar-refractivity contribution in [1.82, 2.24) is 0 Å². The Hall–Kier alpha value is -0.690. The Morgan fingerprint density at radius 2 is 1.89 bits per heavy atom. The van der Waals surface area contributed by atoms with Crippen molar-refractivity contribution < 1.29 is 0 Å². The van der Waals surface area contributed by atoms with Gasteiger partial charge in [-0.05, 0) is 17.5 Å². The first-order valence-electron chi connectivity index (χ1n) is 2.68. The average Bonchev–Trinajstić information content (AvgIpc) is 1.91. The Kier molecular flexibility index (Phi) is 2.40. The van der Waals surface area contributed by atoms with Crippen LogP contribution in [0.2, 0.25) is 0 Å². The van der Waals surface area contributed by atoms with E-state index < -0.39 is 0 Å². The quantitative estimate of drug-likeness (QED) is 0.562. The van der Waals surface area contributed by atoms with Crippen LogP contribution in [0.5, 0.6) is 0 Å². The van der Waals surface area contributed by atoms with Crippen LogP contribution >= 0.6 is 11.8 Å². The first-order chi connectivity index (χ1) is 4.43. The molecule has 0 aliphatic carbocycles. The SMILES string of the molecule is [CH]=CSc1ccccc1. The molecule has 0 heterocycles. The summed E-state index contributed by atoms with van der Waals surface area (Å²) in [6, 6.07) is 10.0. The lowest BCUT2D eigenvalue weighted by Gasteiger charge is -1.90. The Bertz CT molecular complexity index is 179. The molecule has 45 valence electrons. The van der Waals surface area contributed by atoms with Crippen molar-refractivity contribution >= 4 is 11.8 Å². The van der Waals surface area contributed by atoms with Gasteiger partial charge in [-0.3, -0.25) is 0 Å². The molecule has 0 aromatic heterocycles. The molecule has 0 amide bonds. The van der Waals surface area contributed by atoms with Gasteiger partial charge in [0.2, 0.25) is 0 Å². The number of hydrogen-bond acceptors (Lipinski definition) is 1. The monoisotopic (exact) mass is 135 g/mol. The Balaban J connectivity index is 2.72. The second kappa shape index (κ2) is 3.36. The third-order valence-corrected chi connectivity index (χ3v) is 1.63. The summed E-state index contributed by atoms with van der Waals surface area (Å²) < 4.78 is 0. The van der Waals surface area contributed by atoms with Crippen molar-refractivity contribution in [3.63, 3.8) is 0 Å². The largest absolute Gasteiger partial charge is 0.0981 e. The zero-order valence-corrected chi connectivity index (χ0v) is 5.77. The van der Waals surface area contributed by atoms with Gasteiger partial charge in [-0.1, -0.05) is 36.5 Å². The van der Waals surface area contributed by atoms with E-state index in [4.69, 9.17) is 6.58 Å². The summed E-state index contributed by atoms with van der Waals surface area (Å²) in [5, 5.41) is 1.58.